The molecule has 2 heterocycles. The minimum Gasteiger partial charge on any atom is -0.449 e. The quantitative estimate of drug-likeness (QED) is 0.714. The molecule has 2 aliphatic rings. The van der Waals surface area contributed by atoms with Crippen LogP contribution in [0.5, 0.6) is 11.5 Å². The lowest BCUT2D eigenvalue weighted by Gasteiger charge is -2.18. The molecule has 0 aromatic heterocycles. The van der Waals surface area contributed by atoms with Crippen LogP contribution in [0, 0.1) is 0 Å². The number of fused-ring (bicyclic) bond motifs is 1. The molecule has 0 saturated carbocycles. The van der Waals surface area contributed by atoms with E-state index in [0.29, 0.717) is 28.3 Å². The predicted octanol–water partition coefficient (Wildman–Crippen LogP) is 3.49. The molecule has 0 aliphatic carbocycles. The second-order valence-corrected chi connectivity index (χ2v) is 9.29. The van der Waals surface area contributed by atoms with Crippen molar-refractivity contribution < 1.29 is 22.7 Å². The smallest absolute Gasteiger partial charge is 0.265 e. The van der Waals surface area contributed by atoms with Crippen molar-refractivity contribution in [1.29, 1.82) is 0 Å². The summed E-state index contributed by atoms with van der Waals surface area (Å²) < 4.78 is 38.4. The lowest BCUT2D eigenvalue weighted by molar-refractivity contribution is -0.114. The largest absolute Gasteiger partial charge is 0.449 e. The van der Waals surface area contributed by atoms with Crippen LogP contribution in [-0.2, 0) is 14.8 Å². The topological polar surface area (TPSA) is 84.9 Å². The average molecular weight is 410 g/mol. The van der Waals surface area contributed by atoms with E-state index in [-0.39, 0.29) is 11.4 Å². The van der Waals surface area contributed by atoms with Gasteiger partial charge in [-0.15, -0.1) is 0 Å². The van der Waals surface area contributed by atoms with Gasteiger partial charge in [0.15, 0.2) is 11.5 Å². The minimum absolute atomic E-state index is 0.226. The Morgan fingerprint density at radius 3 is 2.55 bits per heavy atom. The summed E-state index contributed by atoms with van der Waals surface area (Å²) in [5.41, 5.74) is 1.02. The van der Waals surface area contributed by atoms with E-state index < -0.39 is 21.7 Å². The third-order valence-corrected chi connectivity index (χ3v) is 6.71. The Morgan fingerprint density at radius 1 is 1.03 bits per heavy atom. The van der Waals surface area contributed by atoms with Gasteiger partial charge in [-0.2, -0.15) is 0 Å². The molecule has 0 saturated heterocycles. The molecule has 0 radical (unpaired) electrons. The zero-order chi connectivity index (χ0) is 20.4. The zero-order valence-corrected chi connectivity index (χ0v) is 16.6. The first kappa shape index (κ1) is 17.8. The van der Waals surface area contributed by atoms with E-state index in [9.17, 15) is 13.2 Å². The summed E-state index contributed by atoms with van der Waals surface area (Å²) in [6.07, 6.45) is 0. The number of carbonyl (C=O) groups excluding carboxylic acids is 1. The van der Waals surface area contributed by atoms with Gasteiger partial charge in [-0.05, 0) is 29.7 Å². The number of amides is 1. The van der Waals surface area contributed by atoms with Gasteiger partial charge in [0.1, 0.15) is 6.54 Å². The van der Waals surface area contributed by atoms with Crippen LogP contribution in [-0.4, -0.2) is 26.7 Å². The average Bonchev–Trinajstić information content (AvgIpc) is 3.08. The first-order chi connectivity index (χ1) is 13.7. The molecule has 148 valence electrons. The molecule has 0 bridgehead atoms. The standard InChI is InChI=1S/C21H18N2O5S/c1-21(2)27-16-10-9-14(11-17(16)28-21)22-19(24)12-23-15-7-3-5-13-6-4-8-18(20(13)15)29(23,25)26/h3-11H,12H2,1-2H3,(H,22,24). The first-order valence-electron chi connectivity index (χ1n) is 9.11. The zero-order valence-electron chi connectivity index (χ0n) is 15.8. The number of carbonyl (C=O) groups is 1. The first-order valence-corrected chi connectivity index (χ1v) is 10.6. The molecule has 0 unspecified atom stereocenters. The van der Waals surface area contributed by atoms with Gasteiger partial charge in [0, 0.05) is 31.0 Å². The summed E-state index contributed by atoms with van der Waals surface area (Å²) in [6.45, 7) is 3.26. The van der Waals surface area contributed by atoms with E-state index in [1.807, 2.05) is 12.1 Å². The van der Waals surface area contributed by atoms with E-state index in [1.54, 1.807) is 56.3 Å². The van der Waals surface area contributed by atoms with Crippen LogP contribution in [0.3, 0.4) is 0 Å². The third kappa shape index (κ3) is 2.79. The molecule has 0 atom stereocenters. The van der Waals surface area contributed by atoms with Crippen LogP contribution in [0.2, 0.25) is 0 Å². The van der Waals surface area contributed by atoms with Gasteiger partial charge in [-0.1, -0.05) is 24.3 Å². The highest BCUT2D eigenvalue weighted by Crippen LogP contribution is 2.42. The van der Waals surface area contributed by atoms with Gasteiger partial charge in [0.2, 0.25) is 11.7 Å². The summed E-state index contributed by atoms with van der Waals surface area (Å²) in [5, 5.41) is 4.21. The van der Waals surface area contributed by atoms with Crippen LogP contribution in [0.1, 0.15) is 13.8 Å². The molecule has 7 nitrogen and oxygen atoms in total. The van der Waals surface area contributed by atoms with Crippen molar-refractivity contribution in [1.82, 2.24) is 0 Å². The highest BCUT2D eigenvalue weighted by Gasteiger charge is 2.37. The van der Waals surface area contributed by atoms with Gasteiger partial charge in [-0.25, -0.2) is 8.42 Å². The van der Waals surface area contributed by atoms with Gasteiger partial charge in [-0.3, -0.25) is 9.10 Å². The van der Waals surface area contributed by atoms with Crippen LogP contribution in [0.25, 0.3) is 10.8 Å². The summed E-state index contributed by atoms with van der Waals surface area (Å²) in [5.74, 6) is -0.0912. The Hall–Kier alpha value is -3.26. The van der Waals surface area contributed by atoms with Crippen molar-refractivity contribution in [2.75, 3.05) is 16.2 Å². The molecular weight excluding hydrogens is 392 g/mol. The monoisotopic (exact) mass is 410 g/mol. The van der Waals surface area contributed by atoms with E-state index in [0.717, 1.165) is 9.69 Å². The van der Waals surface area contributed by atoms with Gasteiger partial charge in [0.05, 0.1) is 10.6 Å². The van der Waals surface area contributed by atoms with Crippen molar-refractivity contribution in [2.45, 2.75) is 24.5 Å². The Bertz CT molecular complexity index is 1280. The van der Waals surface area contributed by atoms with Gasteiger partial charge in [0.25, 0.3) is 10.0 Å². The summed E-state index contributed by atoms with van der Waals surface area (Å²) in [7, 11) is -3.78. The number of ether oxygens (including phenoxy) is 2. The maximum atomic E-state index is 13.0. The SMILES string of the molecule is CC1(C)Oc2ccc(NC(=O)CN3c4cccc5cccc(c45)S3(=O)=O)cc2O1. The number of sulfonamides is 1. The molecule has 0 spiro atoms. The molecule has 1 N–H and O–H groups in total. The number of hydrogen-bond acceptors (Lipinski definition) is 5. The molecular formula is C21H18N2O5S. The normalized spacial score (nSPS) is 17.5. The highest BCUT2D eigenvalue weighted by molar-refractivity contribution is 7.93. The van der Waals surface area contributed by atoms with Crippen molar-refractivity contribution in [3.05, 3.63) is 54.6 Å². The summed E-state index contributed by atoms with van der Waals surface area (Å²) in [4.78, 5) is 12.9. The fourth-order valence-corrected chi connectivity index (χ4v) is 5.43. The third-order valence-electron chi connectivity index (χ3n) is 4.91. The highest BCUT2D eigenvalue weighted by atomic mass is 32.2. The Labute approximate surface area is 167 Å². The van der Waals surface area contributed by atoms with E-state index in [2.05, 4.69) is 5.32 Å². The molecule has 1 amide bonds. The lowest BCUT2D eigenvalue weighted by atomic mass is 10.1. The number of nitrogens with zero attached hydrogens (tertiary/aromatic N) is 1. The van der Waals surface area contributed by atoms with Gasteiger partial charge >= 0.3 is 0 Å². The van der Waals surface area contributed by atoms with Crippen molar-refractivity contribution >= 4 is 38.1 Å². The number of hydrogen-bond donors (Lipinski definition) is 1. The fraction of sp³-hybridized carbons (Fsp3) is 0.190. The summed E-state index contributed by atoms with van der Waals surface area (Å²) >= 11 is 0. The van der Waals surface area contributed by atoms with Crippen LogP contribution >= 0.6 is 0 Å². The van der Waals surface area contributed by atoms with E-state index >= 15 is 0 Å². The summed E-state index contributed by atoms with van der Waals surface area (Å²) in [6, 6.07) is 15.5. The molecule has 29 heavy (non-hydrogen) atoms. The van der Waals surface area contributed by atoms with Crippen molar-refractivity contribution in [2.24, 2.45) is 0 Å². The van der Waals surface area contributed by atoms with Crippen LogP contribution in [0.15, 0.2) is 59.5 Å². The Balaban J connectivity index is 1.41. The lowest BCUT2D eigenvalue weighted by Crippen LogP contribution is -2.35. The molecule has 5 rings (SSSR count). The predicted molar refractivity (Wildman–Crippen MR) is 109 cm³/mol. The molecule has 0 fully saturated rings. The number of anilines is 2. The van der Waals surface area contributed by atoms with Crippen LogP contribution < -0.4 is 19.1 Å². The molecule has 3 aromatic rings. The number of nitrogens with one attached hydrogen (secondary N) is 1. The van der Waals surface area contributed by atoms with Crippen molar-refractivity contribution in [3.8, 4) is 11.5 Å². The number of rotatable bonds is 3. The number of benzene rings is 3. The second kappa shape index (κ2) is 5.87. The fourth-order valence-electron chi connectivity index (χ4n) is 3.76. The maximum absolute atomic E-state index is 13.0. The molecule has 2 aliphatic heterocycles. The van der Waals surface area contributed by atoms with Crippen molar-refractivity contribution in [3.63, 3.8) is 0 Å². The molecule has 3 aromatic carbocycles. The Kier molecular flexibility index (Phi) is 3.61. The maximum Gasteiger partial charge on any atom is 0.265 e. The van der Waals surface area contributed by atoms with E-state index in [1.165, 1.54) is 0 Å². The molecule has 8 heteroatoms. The van der Waals surface area contributed by atoms with Crippen LogP contribution in [0.4, 0.5) is 11.4 Å². The Morgan fingerprint density at radius 2 is 1.76 bits per heavy atom. The minimum atomic E-state index is -3.78. The van der Waals surface area contributed by atoms with E-state index in [4.69, 9.17) is 9.47 Å². The van der Waals surface area contributed by atoms with Gasteiger partial charge < -0.3 is 14.8 Å². The second-order valence-electron chi connectivity index (χ2n) is 7.46.